The summed E-state index contributed by atoms with van der Waals surface area (Å²) in [4.78, 5) is 15.4. The molecule has 2 aromatic rings. The summed E-state index contributed by atoms with van der Waals surface area (Å²) in [6, 6.07) is 8.28. The van der Waals surface area contributed by atoms with Gasteiger partial charge in [0.25, 0.3) is 0 Å². The minimum atomic E-state index is -3.74. The van der Waals surface area contributed by atoms with Crippen LogP contribution < -0.4 is 24.4 Å². The second-order valence-corrected chi connectivity index (χ2v) is 10.5. The van der Waals surface area contributed by atoms with Gasteiger partial charge in [-0.2, -0.15) is 4.31 Å². The number of anilines is 2. The summed E-state index contributed by atoms with van der Waals surface area (Å²) in [7, 11) is 0.791. The van der Waals surface area contributed by atoms with Crippen LogP contribution in [0, 0.1) is 0 Å². The summed E-state index contributed by atoms with van der Waals surface area (Å²) >= 11 is 0. The summed E-state index contributed by atoms with van der Waals surface area (Å²) in [5.74, 6) is 1.00. The molecule has 0 radical (unpaired) electrons. The van der Waals surface area contributed by atoms with Gasteiger partial charge in [0.1, 0.15) is 0 Å². The van der Waals surface area contributed by atoms with E-state index in [0.29, 0.717) is 68.0 Å². The van der Waals surface area contributed by atoms with Crippen LogP contribution >= 0.6 is 0 Å². The van der Waals surface area contributed by atoms with Crippen LogP contribution in [0.4, 0.5) is 11.4 Å². The third-order valence-corrected chi connectivity index (χ3v) is 8.19. The van der Waals surface area contributed by atoms with E-state index >= 15 is 0 Å². The Labute approximate surface area is 217 Å². The summed E-state index contributed by atoms with van der Waals surface area (Å²) in [6.07, 6.45) is 0.0136. The topological polar surface area (TPSA) is 116 Å². The van der Waals surface area contributed by atoms with Crippen LogP contribution in [0.1, 0.15) is 5.56 Å². The molecule has 2 aliphatic heterocycles. The zero-order valence-corrected chi connectivity index (χ0v) is 22.1. The molecule has 0 aromatic heterocycles. The van der Waals surface area contributed by atoms with Crippen molar-refractivity contribution in [2.24, 2.45) is 0 Å². The van der Waals surface area contributed by atoms with Crippen LogP contribution in [0.15, 0.2) is 35.2 Å². The Morgan fingerprint density at radius 1 is 0.892 bits per heavy atom. The Morgan fingerprint density at radius 3 is 2.05 bits per heavy atom. The first-order chi connectivity index (χ1) is 17.9. The van der Waals surface area contributed by atoms with Crippen molar-refractivity contribution in [2.75, 3.05) is 84.2 Å². The van der Waals surface area contributed by atoms with Gasteiger partial charge in [-0.3, -0.25) is 4.79 Å². The highest BCUT2D eigenvalue weighted by molar-refractivity contribution is 7.89. The summed E-state index contributed by atoms with van der Waals surface area (Å²) in [5, 5.41) is 2.93. The van der Waals surface area contributed by atoms with Crippen LogP contribution in [-0.4, -0.2) is 92.6 Å². The van der Waals surface area contributed by atoms with E-state index in [9.17, 15) is 13.2 Å². The maximum atomic E-state index is 13.3. The number of nitrogens with one attached hydrogen (secondary N) is 1. The molecule has 4 rings (SSSR count). The molecule has 0 atom stereocenters. The molecule has 202 valence electrons. The quantitative estimate of drug-likeness (QED) is 0.513. The average Bonchev–Trinajstić information content (AvgIpc) is 2.93. The maximum Gasteiger partial charge on any atom is 0.243 e. The van der Waals surface area contributed by atoms with Crippen molar-refractivity contribution in [1.82, 2.24) is 4.31 Å². The second-order valence-electron chi connectivity index (χ2n) is 8.55. The Morgan fingerprint density at radius 2 is 1.49 bits per heavy atom. The SMILES string of the molecule is COc1cc(CC(=O)Nc2cc(S(=O)(=O)N3CCOCC3)ccc2N2CCOCC2)cc(OC)c1OC. The lowest BCUT2D eigenvalue weighted by Gasteiger charge is -2.31. The lowest BCUT2D eigenvalue weighted by atomic mass is 10.1. The number of amides is 1. The van der Waals surface area contributed by atoms with Gasteiger partial charge in [-0.15, -0.1) is 0 Å². The third-order valence-electron chi connectivity index (χ3n) is 6.29. The van der Waals surface area contributed by atoms with Gasteiger partial charge in [-0.1, -0.05) is 0 Å². The van der Waals surface area contributed by atoms with Crippen LogP contribution in [0.3, 0.4) is 0 Å². The highest BCUT2D eigenvalue weighted by Crippen LogP contribution is 2.38. The van der Waals surface area contributed by atoms with E-state index in [1.54, 1.807) is 24.3 Å². The molecule has 0 unspecified atom stereocenters. The number of methoxy groups -OCH3 is 3. The van der Waals surface area contributed by atoms with Gasteiger partial charge in [0, 0.05) is 26.2 Å². The largest absolute Gasteiger partial charge is 0.493 e. The minimum absolute atomic E-state index is 0.0136. The molecular formula is C25H33N3O8S. The lowest BCUT2D eigenvalue weighted by molar-refractivity contribution is -0.115. The fourth-order valence-electron chi connectivity index (χ4n) is 4.41. The van der Waals surface area contributed by atoms with Crippen molar-refractivity contribution in [1.29, 1.82) is 0 Å². The second kappa shape index (κ2) is 12.0. The van der Waals surface area contributed by atoms with E-state index in [2.05, 4.69) is 10.2 Å². The summed E-state index contributed by atoms with van der Waals surface area (Å²) < 4.78 is 54.9. The molecule has 2 heterocycles. The third kappa shape index (κ3) is 6.09. The Kier molecular flexibility index (Phi) is 8.75. The average molecular weight is 536 g/mol. The minimum Gasteiger partial charge on any atom is -0.493 e. The first-order valence-electron chi connectivity index (χ1n) is 12.0. The van der Waals surface area contributed by atoms with Gasteiger partial charge in [-0.05, 0) is 35.9 Å². The molecular weight excluding hydrogens is 502 g/mol. The number of rotatable bonds is 9. The number of benzene rings is 2. The van der Waals surface area contributed by atoms with Crippen molar-refractivity contribution >= 4 is 27.3 Å². The number of carbonyl (C=O) groups excluding carboxylic acids is 1. The number of carbonyl (C=O) groups is 1. The van der Waals surface area contributed by atoms with Crippen molar-refractivity contribution in [2.45, 2.75) is 11.3 Å². The fraction of sp³-hybridized carbons (Fsp3) is 0.480. The molecule has 37 heavy (non-hydrogen) atoms. The molecule has 2 aliphatic rings. The molecule has 12 heteroatoms. The zero-order chi connectivity index (χ0) is 26.4. The van der Waals surface area contributed by atoms with Gasteiger partial charge in [0.2, 0.25) is 21.7 Å². The Hall–Kier alpha value is -3.06. The van der Waals surface area contributed by atoms with Crippen LogP contribution in [0.2, 0.25) is 0 Å². The van der Waals surface area contributed by atoms with Crippen molar-refractivity contribution in [3.05, 3.63) is 35.9 Å². The van der Waals surface area contributed by atoms with E-state index in [1.807, 2.05) is 0 Å². The Bertz CT molecular complexity index is 1180. The molecule has 0 aliphatic carbocycles. The fourth-order valence-corrected chi connectivity index (χ4v) is 5.84. The van der Waals surface area contributed by atoms with Crippen molar-refractivity contribution in [3.63, 3.8) is 0 Å². The van der Waals surface area contributed by atoms with Crippen molar-refractivity contribution < 1.29 is 36.9 Å². The standard InChI is InChI=1S/C25H33N3O8S/c1-32-22-14-18(15-23(33-2)25(22)34-3)16-24(29)26-20-17-19(37(30,31)28-8-12-36-13-9-28)4-5-21(20)27-6-10-35-11-7-27/h4-5,14-15,17H,6-13,16H2,1-3H3,(H,26,29). The lowest BCUT2D eigenvalue weighted by Crippen LogP contribution is -2.40. The Balaban J connectivity index is 1.63. The first kappa shape index (κ1) is 27.0. The maximum absolute atomic E-state index is 13.3. The smallest absolute Gasteiger partial charge is 0.243 e. The van der Waals surface area contributed by atoms with E-state index in [-0.39, 0.29) is 30.3 Å². The molecule has 1 amide bonds. The van der Waals surface area contributed by atoms with Crippen molar-refractivity contribution in [3.8, 4) is 17.2 Å². The summed E-state index contributed by atoms with van der Waals surface area (Å²) in [6.45, 7) is 3.63. The molecule has 2 aromatic carbocycles. The predicted molar refractivity (Wildman–Crippen MR) is 137 cm³/mol. The first-order valence-corrected chi connectivity index (χ1v) is 13.4. The van der Waals surface area contributed by atoms with Crippen LogP contribution in [0.25, 0.3) is 0 Å². The number of hydrogen-bond donors (Lipinski definition) is 1. The van der Waals surface area contributed by atoms with Gasteiger partial charge in [0.05, 0.1) is 70.4 Å². The predicted octanol–water partition coefficient (Wildman–Crippen LogP) is 1.75. The zero-order valence-electron chi connectivity index (χ0n) is 21.3. The van der Waals surface area contributed by atoms with E-state index < -0.39 is 10.0 Å². The normalized spacial score (nSPS) is 16.8. The highest BCUT2D eigenvalue weighted by atomic mass is 32.2. The van der Waals surface area contributed by atoms with Gasteiger partial charge >= 0.3 is 0 Å². The van der Waals surface area contributed by atoms with Gasteiger partial charge in [-0.25, -0.2) is 8.42 Å². The molecule has 2 fully saturated rings. The van der Waals surface area contributed by atoms with Gasteiger partial charge in [0.15, 0.2) is 11.5 Å². The number of nitrogens with zero attached hydrogens (tertiary/aromatic N) is 2. The molecule has 0 spiro atoms. The number of ether oxygens (including phenoxy) is 5. The molecule has 1 N–H and O–H groups in total. The molecule has 11 nitrogen and oxygen atoms in total. The molecule has 2 saturated heterocycles. The highest BCUT2D eigenvalue weighted by Gasteiger charge is 2.28. The molecule has 0 bridgehead atoms. The summed E-state index contributed by atoms with van der Waals surface area (Å²) in [5.41, 5.74) is 1.81. The number of morpholine rings is 2. The number of sulfonamides is 1. The van der Waals surface area contributed by atoms with Crippen LogP contribution in [0.5, 0.6) is 17.2 Å². The van der Waals surface area contributed by atoms with Gasteiger partial charge < -0.3 is 33.9 Å². The number of hydrogen-bond acceptors (Lipinski definition) is 9. The monoisotopic (exact) mass is 535 g/mol. The van der Waals surface area contributed by atoms with E-state index in [4.69, 9.17) is 23.7 Å². The van der Waals surface area contributed by atoms with E-state index in [0.717, 1.165) is 5.69 Å². The van der Waals surface area contributed by atoms with E-state index in [1.165, 1.54) is 31.7 Å². The molecule has 0 saturated carbocycles. The van der Waals surface area contributed by atoms with Crippen LogP contribution in [-0.2, 0) is 30.7 Å².